The molecule has 2 aliphatic carbocycles. The Labute approximate surface area is 223 Å². The van der Waals surface area contributed by atoms with E-state index in [9.17, 15) is 9.18 Å². The second kappa shape index (κ2) is 11.0. The molecule has 1 amide bonds. The standard InChI is InChI=1S/C30H37ClFN3O2/c1-30(2,37-24-16-13-21(31)14-17-24)29-34-25-18-15-22(32)19-26(25)35(29)27(20-9-5-3-6-10-20)28(36)33-23-11-7-4-8-12-23/h13-20,23,27H,3-12H2,1-2H3,(H,33,36). The van der Waals surface area contributed by atoms with E-state index in [-0.39, 0.29) is 23.7 Å². The maximum absolute atomic E-state index is 14.6. The first kappa shape index (κ1) is 26.0. The third kappa shape index (κ3) is 5.79. The monoisotopic (exact) mass is 525 g/mol. The predicted molar refractivity (Wildman–Crippen MR) is 145 cm³/mol. The van der Waals surface area contributed by atoms with Crippen LogP contribution in [0.3, 0.4) is 0 Å². The third-order valence-corrected chi connectivity index (χ3v) is 8.22. The van der Waals surface area contributed by atoms with Gasteiger partial charge >= 0.3 is 0 Å². The Bertz CT molecular complexity index is 1230. The first-order chi connectivity index (χ1) is 17.8. The first-order valence-corrected chi connectivity index (χ1v) is 14.1. The number of hydrogen-bond donors (Lipinski definition) is 1. The molecule has 37 heavy (non-hydrogen) atoms. The van der Waals surface area contributed by atoms with Gasteiger partial charge in [-0.05, 0) is 87.9 Å². The Balaban J connectivity index is 1.60. The molecule has 1 heterocycles. The van der Waals surface area contributed by atoms with Gasteiger partial charge in [0, 0.05) is 11.1 Å². The van der Waals surface area contributed by atoms with E-state index >= 15 is 0 Å². The molecule has 5 rings (SSSR count). The number of nitrogens with one attached hydrogen (secondary N) is 1. The average molecular weight is 526 g/mol. The second-order valence-electron chi connectivity index (χ2n) is 11.2. The quantitative estimate of drug-likeness (QED) is 0.343. The molecule has 2 fully saturated rings. The van der Waals surface area contributed by atoms with Gasteiger partial charge in [-0.15, -0.1) is 0 Å². The molecule has 2 aliphatic rings. The maximum atomic E-state index is 14.6. The summed E-state index contributed by atoms with van der Waals surface area (Å²) in [5.41, 5.74) is 0.411. The number of halogens is 2. The average Bonchev–Trinajstić information content (AvgIpc) is 3.26. The highest BCUT2D eigenvalue weighted by atomic mass is 35.5. The number of carbonyl (C=O) groups excluding carboxylic acids is 1. The van der Waals surface area contributed by atoms with Gasteiger partial charge in [0.15, 0.2) is 11.4 Å². The number of carbonyl (C=O) groups is 1. The highest BCUT2D eigenvalue weighted by molar-refractivity contribution is 6.30. The van der Waals surface area contributed by atoms with E-state index in [4.69, 9.17) is 21.3 Å². The minimum atomic E-state index is -0.888. The maximum Gasteiger partial charge on any atom is 0.243 e. The summed E-state index contributed by atoms with van der Waals surface area (Å²) in [5, 5.41) is 4.01. The van der Waals surface area contributed by atoms with Gasteiger partial charge in [0.05, 0.1) is 11.0 Å². The van der Waals surface area contributed by atoms with Crippen LogP contribution in [0.1, 0.15) is 89.9 Å². The Morgan fingerprint density at radius 2 is 1.68 bits per heavy atom. The molecule has 0 aliphatic heterocycles. The molecule has 0 bridgehead atoms. The van der Waals surface area contributed by atoms with Crippen LogP contribution < -0.4 is 10.1 Å². The van der Waals surface area contributed by atoms with E-state index in [1.165, 1.54) is 25.0 Å². The lowest BCUT2D eigenvalue weighted by Gasteiger charge is -2.36. The highest BCUT2D eigenvalue weighted by Crippen LogP contribution is 2.40. The van der Waals surface area contributed by atoms with Crippen LogP contribution in [0.4, 0.5) is 4.39 Å². The summed E-state index contributed by atoms with van der Waals surface area (Å²) in [6, 6.07) is 11.6. The molecule has 5 nitrogen and oxygen atoms in total. The Morgan fingerprint density at radius 3 is 2.35 bits per heavy atom. The van der Waals surface area contributed by atoms with Gasteiger partial charge in [0.1, 0.15) is 17.6 Å². The Hall–Kier alpha value is -2.60. The van der Waals surface area contributed by atoms with Crippen molar-refractivity contribution in [1.29, 1.82) is 0 Å². The van der Waals surface area contributed by atoms with Gasteiger partial charge < -0.3 is 14.6 Å². The number of nitrogens with zero attached hydrogens (tertiary/aromatic N) is 2. The zero-order valence-corrected chi connectivity index (χ0v) is 22.6. The molecule has 0 spiro atoms. The molecule has 1 unspecified atom stereocenters. The van der Waals surface area contributed by atoms with Crippen LogP contribution in [0.25, 0.3) is 11.0 Å². The number of hydrogen-bond acceptors (Lipinski definition) is 3. The SMILES string of the molecule is CC(C)(Oc1ccc(Cl)cc1)c1nc2ccc(F)cc2n1C(C(=O)NC1CCCCC1)C1CCCCC1. The number of aromatic nitrogens is 2. The van der Waals surface area contributed by atoms with Crippen molar-refractivity contribution in [2.24, 2.45) is 5.92 Å². The van der Waals surface area contributed by atoms with E-state index in [0.717, 1.165) is 51.4 Å². The highest BCUT2D eigenvalue weighted by Gasteiger charge is 2.39. The van der Waals surface area contributed by atoms with Gasteiger partial charge in [-0.1, -0.05) is 50.1 Å². The molecular weight excluding hydrogens is 489 g/mol. The molecular formula is C30H37ClFN3O2. The van der Waals surface area contributed by atoms with Crippen molar-refractivity contribution in [3.63, 3.8) is 0 Å². The van der Waals surface area contributed by atoms with Crippen molar-refractivity contribution in [3.8, 4) is 5.75 Å². The zero-order chi connectivity index (χ0) is 26.0. The van der Waals surface area contributed by atoms with E-state index in [1.807, 2.05) is 30.5 Å². The van der Waals surface area contributed by atoms with Gasteiger partial charge in [-0.2, -0.15) is 0 Å². The van der Waals surface area contributed by atoms with E-state index < -0.39 is 11.6 Å². The van der Waals surface area contributed by atoms with Crippen molar-refractivity contribution in [2.75, 3.05) is 0 Å². The molecule has 2 saturated carbocycles. The Morgan fingerprint density at radius 1 is 1.03 bits per heavy atom. The van der Waals surface area contributed by atoms with Crippen LogP contribution >= 0.6 is 11.6 Å². The summed E-state index contributed by atoms with van der Waals surface area (Å²) >= 11 is 6.08. The van der Waals surface area contributed by atoms with Crippen LogP contribution in [-0.2, 0) is 10.4 Å². The summed E-state index contributed by atoms with van der Waals surface area (Å²) in [6.45, 7) is 3.90. The van der Waals surface area contributed by atoms with Crippen LogP contribution in [0.5, 0.6) is 5.75 Å². The van der Waals surface area contributed by atoms with Crippen LogP contribution in [0, 0.1) is 11.7 Å². The summed E-state index contributed by atoms with van der Waals surface area (Å²) in [4.78, 5) is 19.1. The van der Waals surface area contributed by atoms with E-state index in [2.05, 4.69) is 5.32 Å². The molecule has 1 N–H and O–H groups in total. The minimum Gasteiger partial charge on any atom is -0.480 e. The largest absolute Gasteiger partial charge is 0.480 e. The fourth-order valence-electron chi connectivity index (χ4n) is 6.14. The van der Waals surface area contributed by atoms with Crippen LogP contribution in [-0.4, -0.2) is 21.5 Å². The summed E-state index contributed by atoms with van der Waals surface area (Å²) in [5.74, 6) is 1.11. The molecule has 198 valence electrons. The first-order valence-electron chi connectivity index (χ1n) is 13.7. The lowest BCUT2D eigenvalue weighted by atomic mass is 9.82. The van der Waals surface area contributed by atoms with Gasteiger partial charge in [0.2, 0.25) is 5.91 Å². The van der Waals surface area contributed by atoms with E-state index in [1.54, 1.807) is 18.2 Å². The molecule has 7 heteroatoms. The number of imidazole rings is 1. The molecule has 1 atom stereocenters. The third-order valence-electron chi connectivity index (χ3n) is 7.97. The fourth-order valence-corrected chi connectivity index (χ4v) is 6.27. The fraction of sp³-hybridized carbons (Fsp3) is 0.533. The van der Waals surface area contributed by atoms with Crippen LogP contribution in [0.15, 0.2) is 42.5 Å². The molecule has 0 saturated heterocycles. The van der Waals surface area contributed by atoms with Crippen LogP contribution in [0.2, 0.25) is 5.02 Å². The Kier molecular flexibility index (Phi) is 7.75. The lowest BCUT2D eigenvalue weighted by Crippen LogP contribution is -2.45. The molecule has 3 aromatic rings. The summed E-state index contributed by atoms with van der Waals surface area (Å²) < 4.78 is 23.0. The van der Waals surface area contributed by atoms with Gasteiger partial charge in [0.25, 0.3) is 0 Å². The van der Waals surface area contributed by atoms with Crippen molar-refractivity contribution >= 4 is 28.5 Å². The van der Waals surface area contributed by atoms with Crippen molar-refractivity contribution in [1.82, 2.24) is 14.9 Å². The normalized spacial score (nSPS) is 18.6. The van der Waals surface area contributed by atoms with Crippen molar-refractivity contribution < 1.29 is 13.9 Å². The van der Waals surface area contributed by atoms with Crippen molar-refractivity contribution in [3.05, 3.63) is 59.1 Å². The number of ether oxygens (including phenoxy) is 1. The molecule has 1 aromatic heterocycles. The van der Waals surface area contributed by atoms with Gasteiger partial charge in [-0.3, -0.25) is 4.79 Å². The number of amides is 1. The smallest absolute Gasteiger partial charge is 0.243 e. The topological polar surface area (TPSA) is 56.2 Å². The number of benzene rings is 2. The lowest BCUT2D eigenvalue weighted by molar-refractivity contribution is -0.127. The molecule has 2 aromatic carbocycles. The van der Waals surface area contributed by atoms with Gasteiger partial charge in [-0.25, -0.2) is 9.37 Å². The number of rotatable bonds is 7. The summed E-state index contributed by atoms with van der Waals surface area (Å²) in [6.07, 6.45) is 10.9. The minimum absolute atomic E-state index is 0.0194. The predicted octanol–water partition coefficient (Wildman–Crippen LogP) is 7.71. The van der Waals surface area contributed by atoms with E-state index in [0.29, 0.717) is 27.6 Å². The second-order valence-corrected chi connectivity index (χ2v) is 11.6. The van der Waals surface area contributed by atoms with Crippen molar-refractivity contribution in [2.45, 2.75) is 95.7 Å². The molecule has 0 radical (unpaired) electrons. The summed E-state index contributed by atoms with van der Waals surface area (Å²) in [7, 11) is 0. The zero-order valence-electron chi connectivity index (χ0n) is 21.8. The number of fused-ring (bicyclic) bond motifs is 1.